The van der Waals surface area contributed by atoms with Gasteiger partial charge in [-0.25, -0.2) is 9.59 Å². The highest BCUT2D eigenvalue weighted by molar-refractivity contribution is 5.95. The van der Waals surface area contributed by atoms with E-state index < -0.39 is 17.7 Å². The number of nitrogens with two attached hydrogens (primary N) is 1. The number of hydrogen-bond donors (Lipinski definition) is 6. The van der Waals surface area contributed by atoms with Crippen LogP contribution < -0.4 is 32.3 Å². The van der Waals surface area contributed by atoms with Crippen molar-refractivity contribution in [2.24, 2.45) is 10.7 Å². The van der Waals surface area contributed by atoms with Gasteiger partial charge in [0.2, 0.25) is 5.91 Å². The first kappa shape index (κ1) is 46.9. The van der Waals surface area contributed by atoms with Crippen LogP contribution in [-0.2, 0) is 35.6 Å². The molecule has 0 radical (unpaired) electrons. The summed E-state index contributed by atoms with van der Waals surface area (Å²) < 4.78 is 5.19. The molecule has 55 heavy (non-hydrogen) atoms. The molecule has 4 aromatic rings. The van der Waals surface area contributed by atoms with E-state index in [1.807, 2.05) is 152 Å². The third kappa shape index (κ3) is 20.7. The SMILES string of the molecule is C=C(NCc1ccc(CNC(=O)OC(C)(C)C)cc1)NC(=O)NC(N)=NC.CC.CC.O=C(NCc1ccccc1)C(Cc1ccccc1)c1ccccc1. The molecule has 0 saturated carbocycles. The van der Waals surface area contributed by atoms with Crippen LogP contribution in [0.4, 0.5) is 9.59 Å². The Kier molecular flexibility index (Phi) is 22.7. The van der Waals surface area contributed by atoms with Crippen LogP contribution in [-0.4, -0.2) is 36.6 Å². The van der Waals surface area contributed by atoms with Gasteiger partial charge in [-0.05, 0) is 55.0 Å². The van der Waals surface area contributed by atoms with Gasteiger partial charge in [0.1, 0.15) is 5.60 Å². The third-order valence-electron chi connectivity index (χ3n) is 7.22. The number of urea groups is 1. The molecule has 4 amide bonds. The van der Waals surface area contributed by atoms with Gasteiger partial charge in [0.15, 0.2) is 5.96 Å². The standard InChI is InChI=1S/C22H21NO.C18H28N6O3.2C2H6/c24-22(23-17-19-12-6-2-7-13-19)21(20-14-8-3-9-15-20)16-18-10-4-1-5-11-18;1-12(23-16(25)24-15(19)20-5)21-10-13-6-8-14(9-7-13)11-22-17(26)27-18(2,3)4;2*1-2/h1-15,21H,16-17H2,(H,23,24);6-9,21H,1,10-11H2,2-5H3,(H,22,26)(H4,19,20,23,24,25);2*1-2H3. The van der Waals surface area contributed by atoms with Crippen LogP contribution in [0.5, 0.6) is 0 Å². The van der Waals surface area contributed by atoms with Crippen molar-refractivity contribution in [3.05, 3.63) is 155 Å². The molecule has 4 aromatic carbocycles. The largest absolute Gasteiger partial charge is 0.444 e. The van der Waals surface area contributed by atoms with Crippen molar-refractivity contribution < 1.29 is 19.1 Å². The third-order valence-corrected chi connectivity index (χ3v) is 7.22. The molecule has 4 rings (SSSR count). The van der Waals surface area contributed by atoms with E-state index >= 15 is 0 Å². The zero-order valence-electron chi connectivity index (χ0n) is 33.7. The minimum Gasteiger partial charge on any atom is -0.444 e. The molecule has 0 aliphatic rings. The van der Waals surface area contributed by atoms with Crippen LogP contribution in [0, 0.1) is 0 Å². The lowest BCUT2D eigenvalue weighted by atomic mass is 9.91. The quantitative estimate of drug-likeness (QED) is 0.0638. The number of nitrogens with one attached hydrogen (secondary N) is 5. The monoisotopic (exact) mass is 751 g/mol. The Balaban J connectivity index is 0.000000506. The molecule has 0 fully saturated rings. The molecule has 0 aliphatic heterocycles. The zero-order chi connectivity index (χ0) is 41.1. The number of rotatable bonds is 12. The first-order valence-electron chi connectivity index (χ1n) is 18.6. The summed E-state index contributed by atoms with van der Waals surface area (Å²) in [5, 5.41) is 13.6. The number of carbonyl (C=O) groups is 3. The first-order valence-corrected chi connectivity index (χ1v) is 18.6. The second-order valence-corrected chi connectivity index (χ2v) is 12.5. The number of amides is 4. The number of hydrogen-bond acceptors (Lipinski definition) is 6. The lowest BCUT2D eigenvalue weighted by Crippen LogP contribution is -2.44. The smallest absolute Gasteiger partial charge is 0.407 e. The molecule has 0 heterocycles. The minimum atomic E-state index is -0.529. The number of guanidine groups is 1. The predicted molar refractivity (Wildman–Crippen MR) is 225 cm³/mol. The molecule has 296 valence electrons. The Morgan fingerprint density at radius 2 is 1.09 bits per heavy atom. The molecule has 11 nitrogen and oxygen atoms in total. The van der Waals surface area contributed by atoms with Crippen LogP contribution in [0.2, 0.25) is 0 Å². The summed E-state index contributed by atoms with van der Waals surface area (Å²) >= 11 is 0. The van der Waals surface area contributed by atoms with Crippen LogP contribution in [0.1, 0.15) is 82.2 Å². The highest BCUT2D eigenvalue weighted by atomic mass is 16.6. The van der Waals surface area contributed by atoms with E-state index in [9.17, 15) is 14.4 Å². The van der Waals surface area contributed by atoms with E-state index in [1.54, 1.807) is 0 Å². The van der Waals surface area contributed by atoms with Crippen molar-refractivity contribution in [1.82, 2.24) is 26.6 Å². The highest BCUT2D eigenvalue weighted by Crippen LogP contribution is 2.21. The van der Waals surface area contributed by atoms with Crippen LogP contribution >= 0.6 is 0 Å². The van der Waals surface area contributed by atoms with Gasteiger partial charge < -0.3 is 26.4 Å². The van der Waals surface area contributed by atoms with E-state index in [1.165, 1.54) is 12.6 Å². The highest BCUT2D eigenvalue weighted by Gasteiger charge is 2.21. The van der Waals surface area contributed by atoms with E-state index in [2.05, 4.69) is 50.3 Å². The molecule has 0 saturated heterocycles. The Bertz CT molecular complexity index is 1710. The summed E-state index contributed by atoms with van der Waals surface area (Å²) in [5.74, 6) is 0.217. The van der Waals surface area contributed by atoms with Crippen molar-refractivity contribution in [1.29, 1.82) is 0 Å². The fourth-order valence-electron chi connectivity index (χ4n) is 4.66. The van der Waals surface area contributed by atoms with Gasteiger partial charge in [0, 0.05) is 26.7 Å². The number of aliphatic imine (C=N–C) groups is 1. The first-order chi connectivity index (χ1) is 26.4. The number of ether oxygens (including phenoxy) is 1. The molecule has 0 aliphatic carbocycles. The lowest BCUT2D eigenvalue weighted by molar-refractivity contribution is -0.122. The number of alkyl carbamates (subject to hydrolysis) is 1. The second-order valence-electron chi connectivity index (χ2n) is 12.5. The van der Waals surface area contributed by atoms with Gasteiger partial charge in [0.25, 0.3) is 0 Å². The minimum absolute atomic E-state index is 0.0101. The maximum atomic E-state index is 12.8. The number of nitrogens with zero attached hydrogens (tertiary/aromatic N) is 1. The van der Waals surface area contributed by atoms with Crippen molar-refractivity contribution in [2.75, 3.05) is 7.05 Å². The lowest BCUT2D eigenvalue weighted by Gasteiger charge is -2.19. The van der Waals surface area contributed by atoms with Gasteiger partial charge in [-0.2, -0.15) is 0 Å². The van der Waals surface area contributed by atoms with Gasteiger partial charge in [-0.1, -0.05) is 150 Å². The van der Waals surface area contributed by atoms with Crippen molar-refractivity contribution in [2.45, 2.75) is 86.0 Å². The summed E-state index contributed by atoms with van der Waals surface area (Å²) in [6.45, 7) is 18.5. The average Bonchev–Trinajstić information content (AvgIpc) is 3.20. The van der Waals surface area contributed by atoms with Crippen molar-refractivity contribution in [3.8, 4) is 0 Å². The van der Waals surface area contributed by atoms with Crippen LogP contribution in [0.25, 0.3) is 0 Å². The molecule has 0 spiro atoms. The molecular formula is C44H61N7O4. The zero-order valence-corrected chi connectivity index (χ0v) is 33.7. The maximum Gasteiger partial charge on any atom is 0.407 e. The van der Waals surface area contributed by atoms with Gasteiger partial charge in [-0.3, -0.25) is 20.4 Å². The second kappa shape index (κ2) is 26.6. The topological polar surface area (TPSA) is 159 Å². The summed E-state index contributed by atoms with van der Waals surface area (Å²) in [6, 6.07) is 37.2. The van der Waals surface area contributed by atoms with Crippen molar-refractivity contribution >= 4 is 24.0 Å². The van der Waals surface area contributed by atoms with Crippen LogP contribution in [0.15, 0.2) is 133 Å². The van der Waals surface area contributed by atoms with Crippen LogP contribution in [0.3, 0.4) is 0 Å². The summed E-state index contributed by atoms with van der Waals surface area (Å²) in [5.41, 5.74) is 10.1. The van der Waals surface area contributed by atoms with Gasteiger partial charge in [0.05, 0.1) is 11.7 Å². The molecular weight excluding hydrogens is 691 g/mol. The molecule has 1 atom stereocenters. The van der Waals surface area contributed by atoms with E-state index in [-0.39, 0.29) is 17.8 Å². The Hall–Kier alpha value is -6.10. The van der Waals surface area contributed by atoms with E-state index in [0.29, 0.717) is 31.9 Å². The maximum absolute atomic E-state index is 12.8. The molecule has 0 bridgehead atoms. The number of benzene rings is 4. The molecule has 11 heteroatoms. The fraction of sp³-hybridized carbons (Fsp3) is 0.318. The summed E-state index contributed by atoms with van der Waals surface area (Å²) in [7, 11) is 1.47. The van der Waals surface area contributed by atoms with E-state index in [4.69, 9.17) is 10.5 Å². The normalized spacial score (nSPS) is 10.9. The Morgan fingerprint density at radius 1 is 0.655 bits per heavy atom. The Morgan fingerprint density at radius 3 is 1.58 bits per heavy atom. The fourth-order valence-corrected chi connectivity index (χ4v) is 4.66. The molecule has 1 unspecified atom stereocenters. The number of carbonyl (C=O) groups excluding carboxylic acids is 3. The molecule has 0 aromatic heterocycles. The van der Waals surface area contributed by atoms with Gasteiger partial charge in [-0.15, -0.1) is 0 Å². The molecule has 7 N–H and O–H groups in total. The Labute approximate surface area is 328 Å². The van der Waals surface area contributed by atoms with E-state index in [0.717, 1.165) is 22.3 Å². The summed E-state index contributed by atoms with van der Waals surface area (Å²) in [6.07, 6.45) is 0.244. The average molecular weight is 752 g/mol. The predicted octanol–water partition coefficient (Wildman–Crippen LogP) is 7.90. The van der Waals surface area contributed by atoms with Gasteiger partial charge >= 0.3 is 12.1 Å². The summed E-state index contributed by atoms with van der Waals surface area (Å²) in [4.78, 5) is 39.6. The van der Waals surface area contributed by atoms with Crippen molar-refractivity contribution in [3.63, 3.8) is 0 Å².